The summed E-state index contributed by atoms with van der Waals surface area (Å²) in [6, 6.07) is 16.5. The molecule has 4 heteroatoms. The Morgan fingerprint density at radius 2 is 1.67 bits per heavy atom. The Morgan fingerprint density at radius 3 is 2.33 bits per heavy atom. The molecule has 0 amide bonds. The Balaban J connectivity index is 1.75. The van der Waals surface area contributed by atoms with Gasteiger partial charge in [0.1, 0.15) is 11.5 Å². The van der Waals surface area contributed by atoms with Crippen LogP contribution in [-0.2, 0) is 9.53 Å². The molecule has 4 nitrogen and oxygen atoms in total. The standard InChI is InChI=1S/C17H16O4/c1-19-15-8-10-16(11-9-15)20-13-21-17(18)12-7-14-5-3-2-4-6-14/h2-12H,13H2,1H3/b12-7-. The molecule has 0 aliphatic carbocycles. The van der Waals surface area contributed by atoms with Crippen LogP contribution in [0.3, 0.4) is 0 Å². The van der Waals surface area contributed by atoms with E-state index in [4.69, 9.17) is 14.2 Å². The molecule has 108 valence electrons. The normalized spacial score (nSPS) is 10.3. The Bertz CT molecular complexity index is 588. The molecule has 0 spiro atoms. The maximum Gasteiger partial charge on any atom is 0.333 e. The second kappa shape index (κ2) is 7.75. The molecule has 0 aliphatic heterocycles. The van der Waals surface area contributed by atoms with E-state index >= 15 is 0 Å². The predicted octanol–water partition coefficient (Wildman–Crippen LogP) is 3.29. The third-order valence-electron chi connectivity index (χ3n) is 2.70. The van der Waals surface area contributed by atoms with E-state index in [1.165, 1.54) is 6.08 Å². The lowest BCUT2D eigenvalue weighted by atomic mass is 10.2. The van der Waals surface area contributed by atoms with E-state index in [-0.39, 0.29) is 6.79 Å². The molecule has 0 saturated carbocycles. The van der Waals surface area contributed by atoms with Crippen LogP contribution in [0, 0.1) is 0 Å². The molecule has 0 aromatic heterocycles. The number of ether oxygens (including phenoxy) is 3. The first-order valence-corrected chi connectivity index (χ1v) is 6.44. The Hall–Kier alpha value is -2.75. The van der Waals surface area contributed by atoms with Crippen molar-refractivity contribution >= 4 is 12.0 Å². The lowest BCUT2D eigenvalue weighted by molar-refractivity contribution is -0.144. The zero-order valence-corrected chi connectivity index (χ0v) is 11.7. The highest BCUT2D eigenvalue weighted by atomic mass is 16.7. The van der Waals surface area contributed by atoms with Crippen molar-refractivity contribution in [2.24, 2.45) is 0 Å². The molecule has 0 saturated heterocycles. The monoisotopic (exact) mass is 284 g/mol. The summed E-state index contributed by atoms with van der Waals surface area (Å²) in [4.78, 5) is 11.5. The molecule has 0 aliphatic rings. The van der Waals surface area contributed by atoms with Gasteiger partial charge in [0.25, 0.3) is 0 Å². The lowest BCUT2D eigenvalue weighted by Crippen LogP contribution is -2.07. The third-order valence-corrected chi connectivity index (χ3v) is 2.70. The number of carbonyl (C=O) groups excluding carboxylic acids is 1. The number of hydrogen-bond donors (Lipinski definition) is 0. The number of esters is 1. The summed E-state index contributed by atoms with van der Waals surface area (Å²) in [6.07, 6.45) is 3.06. The average Bonchev–Trinajstić information content (AvgIpc) is 2.54. The number of benzene rings is 2. The second-order valence-corrected chi connectivity index (χ2v) is 4.15. The number of methoxy groups -OCH3 is 1. The number of hydrogen-bond acceptors (Lipinski definition) is 4. The minimum absolute atomic E-state index is 0.135. The highest BCUT2D eigenvalue weighted by Crippen LogP contribution is 2.16. The predicted molar refractivity (Wildman–Crippen MR) is 80.1 cm³/mol. The van der Waals surface area contributed by atoms with Crippen molar-refractivity contribution in [3.63, 3.8) is 0 Å². The number of rotatable bonds is 6. The molecular weight excluding hydrogens is 268 g/mol. The van der Waals surface area contributed by atoms with Crippen molar-refractivity contribution in [1.29, 1.82) is 0 Å². The zero-order valence-electron chi connectivity index (χ0n) is 11.7. The fraction of sp³-hybridized carbons (Fsp3) is 0.118. The summed E-state index contributed by atoms with van der Waals surface area (Å²) in [5.74, 6) is 0.896. The molecule has 0 heterocycles. The topological polar surface area (TPSA) is 44.8 Å². The summed E-state index contributed by atoms with van der Waals surface area (Å²) >= 11 is 0. The maximum atomic E-state index is 11.5. The van der Waals surface area contributed by atoms with Crippen LogP contribution in [0.2, 0.25) is 0 Å². The van der Waals surface area contributed by atoms with Crippen LogP contribution in [0.15, 0.2) is 60.7 Å². The number of carbonyl (C=O) groups is 1. The SMILES string of the molecule is COc1ccc(OCOC(=O)/C=C\c2ccccc2)cc1. The molecule has 0 fully saturated rings. The van der Waals surface area contributed by atoms with Gasteiger partial charge in [-0.1, -0.05) is 30.3 Å². The molecule has 0 atom stereocenters. The molecule has 2 aromatic rings. The van der Waals surface area contributed by atoms with Gasteiger partial charge in [0.2, 0.25) is 6.79 Å². The largest absolute Gasteiger partial charge is 0.497 e. The first-order valence-electron chi connectivity index (χ1n) is 6.44. The smallest absolute Gasteiger partial charge is 0.333 e. The van der Waals surface area contributed by atoms with Crippen molar-refractivity contribution in [2.75, 3.05) is 13.9 Å². The van der Waals surface area contributed by atoms with Crippen LogP contribution in [0.4, 0.5) is 0 Å². The van der Waals surface area contributed by atoms with Gasteiger partial charge in [0.05, 0.1) is 7.11 Å². The molecule has 0 radical (unpaired) electrons. The van der Waals surface area contributed by atoms with Gasteiger partial charge < -0.3 is 14.2 Å². The molecule has 2 rings (SSSR count). The zero-order chi connectivity index (χ0) is 14.9. The van der Waals surface area contributed by atoms with E-state index in [1.807, 2.05) is 30.3 Å². The van der Waals surface area contributed by atoms with Crippen LogP contribution in [0.1, 0.15) is 5.56 Å². The molecule has 2 aromatic carbocycles. The summed E-state index contributed by atoms with van der Waals surface area (Å²) in [5, 5.41) is 0. The average molecular weight is 284 g/mol. The molecule has 0 unspecified atom stereocenters. The van der Waals surface area contributed by atoms with Gasteiger partial charge >= 0.3 is 5.97 Å². The van der Waals surface area contributed by atoms with Gasteiger partial charge in [-0.2, -0.15) is 0 Å². The van der Waals surface area contributed by atoms with Crippen molar-refractivity contribution in [3.8, 4) is 11.5 Å². The van der Waals surface area contributed by atoms with E-state index in [1.54, 1.807) is 37.5 Å². The summed E-state index contributed by atoms with van der Waals surface area (Å²) < 4.78 is 15.3. The van der Waals surface area contributed by atoms with Gasteiger partial charge in [0, 0.05) is 6.08 Å². The Labute approximate surface area is 123 Å². The highest BCUT2D eigenvalue weighted by molar-refractivity contribution is 5.86. The van der Waals surface area contributed by atoms with Crippen molar-refractivity contribution in [3.05, 3.63) is 66.2 Å². The van der Waals surface area contributed by atoms with E-state index < -0.39 is 5.97 Å². The summed E-state index contributed by atoms with van der Waals surface area (Å²) in [7, 11) is 1.59. The summed E-state index contributed by atoms with van der Waals surface area (Å²) in [6.45, 7) is -0.135. The minimum atomic E-state index is -0.452. The molecular formula is C17H16O4. The van der Waals surface area contributed by atoms with Gasteiger partial charge in [0.15, 0.2) is 0 Å². The maximum absolute atomic E-state index is 11.5. The summed E-state index contributed by atoms with van der Waals surface area (Å²) in [5.41, 5.74) is 0.936. The van der Waals surface area contributed by atoms with Gasteiger partial charge in [-0.05, 0) is 35.9 Å². The van der Waals surface area contributed by atoms with E-state index in [9.17, 15) is 4.79 Å². The quantitative estimate of drug-likeness (QED) is 0.464. The Morgan fingerprint density at radius 1 is 1.00 bits per heavy atom. The molecule has 0 N–H and O–H groups in total. The van der Waals surface area contributed by atoms with Gasteiger partial charge in [-0.3, -0.25) is 0 Å². The highest BCUT2D eigenvalue weighted by Gasteiger charge is 1.99. The minimum Gasteiger partial charge on any atom is -0.497 e. The first kappa shape index (κ1) is 14.7. The fourth-order valence-electron chi connectivity index (χ4n) is 1.60. The van der Waals surface area contributed by atoms with Gasteiger partial charge in [-0.25, -0.2) is 4.79 Å². The van der Waals surface area contributed by atoms with Crippen LogP contribution in [-0.4, -0.2) is 19.9 Å². The second-order valence-electron chi connectivity index (χ2n) is 4.15. The molecule has 21 heavy (non-hydrogen) atoms. The lowest BCUT2D eigenvalue weighted by Gasteiger charge is -2.06. The van der Waals surface area contributed by atoms with E-state index in [2.05, 4.69) is 0 Å². The van der Waals surface area contributed by atoms with Crippen LogP contribution in [0.5, 0.6) is 11.5 Å². The van der Waals surface area contributed by atoms with Crippen molar-refractivity contribution in [1.82, 2.24) is 0 Å². The van der Waals surface area contributed by atoms with E-state index in [0.29, 0.717) is 5.75 Å². The van der Waals surface area contributed by atoms with Crippen LogP contribution < -0.4 is 9.47 Å². The van der Waals surface area contributed by atoms with Crippen LogP contribution in [0.25, 0.3) is 6.08 Å². The molecule has 0 bridgehead atoms. The van der Waals surface area contributed by atoms with Crippen molar-refractivity contribution in [2.45, 2.75) is 0 Å². The van der Waals surface area contributed by atoms with Gasteiger partial charge in [-0.15, -0.1) is 0 Å². The fourth-order valence-corrected chi connectivity index (χ4v) is 1.60. The van der Waals surface area contributed by atoms with Crippen molar-refractivity contribution < 1.29 is 19.0 Å². The van der Waals surface area contributed by atoms with E-state index in [0.717, 1.165) is 11.3 Å². The van der Waals surface area contributed by atoms with Crippen LogP contribution >= 0.6 is 0 Å². The first-order chi connectivity index (χ1) is 10.3. The Kier molecular flexibility index (Phi) is 5.41. The third kappa shape index (κ3) is 5.03.